The first kappa shape index (κ1) is 10.5. The molecular formula is C13H16N4. The Bertz CT molecular complexity index is 514. The fraction of sp³-hybridized carbons (Fsp3) is 0.385. The minimum Gasteiger partial charge on any atom is -0.308 e. The first-order valence-electron chi connectivity index (χ1n) is 6.01. The van der Waals surface area contributed by atoms with Gasteiger partial charge in [0.2, 0.25) is 0 Å². The van der Waals surface area contributed by atoms with Gasteiger partial charge in [0, 0.05) is 25.0 Å². The van der Waals surface area contributed by atoms with Crippen LogP contribution >= 0.6 is 0 Å². The summed E-state index contributed by atoms with van der Waals surface area (Å²) in [5.41, 5.74) is 3.31. The van der Waals surface area contributed by atoms with Crippen LogP contribution in [0.5, 0.6) is 0 Å². The summed E-state index contributed by atoms with van der Waals surface area (Å²) >= 11 is 0. The highest BCUT2D eigenvalue weighted by Crippen LogP contribution is 2.19. The van der Waals surface area contributed by atoms with Gasteiger partial charge in [-0.1, -0.05) is 0 Å². The van der Waals surface area contributed by atoms with Crippen LogP contribution in [0, 0.1) is 6.92 Å². The smallest absolute Gasteiger partial charge is 0.0679 e. The normalized spacial score (nSPS) is 15.1. The molecule has 0 atom stereocenters. The largest absolute Gasteiger partial charge is 0.308 e. The molecule has 1 aliphatic rings. The summed E-state index contributed by atoms with van der Waals surface area (Å²) in [6.07, 6.45) is 8.34. The molecule has 0 unspecified atom stereocenters. The standard InChI is InChI=1S/C13H16N4/c1-10-7-16-17(9-10)13-4-5-14-12(6-13)8-15-11-2-3-11/h4-7,9,11,15H,2-3,8H2,1H3. The molecule has 1 fully saturated rings. The third-order valence-electron chi connectivity index (χ3n) is 2.93. The summed E-state index contributed by atoms with van der Waals surface area (Å²) in [4.78, 5) is 4.37. The maximum atomic E-state index is 4.37. The van der Waals surface area contributed by atoms with Gasteiger partial charge in [-0.3, -0.25) is 4.98 Å². The summed E-state index contributed by atoms with van der Waals surface area (Å²) in [6.45, 7) is 2.89. The molecule has 0 saturated heterocycles. The summed E-state index contributed by atoms with van der Waals surface area (Å²) in [5.74, 6) is 0. The Hall–Kier alpha value is -1.68. The van der Waals surface area contributed by atoms with Crippen LogP contribution in [0.1, 0.15) is 24.1 Å². The molecule has 0 radical (unpaired) electrons. The summed E-state index contributed by atoms with van der Waals surface area (Å²) < 4.78 is 1.89. The lowest BCUT2D eigenvalue weighted by molar-refractivity contribution is 0.673. The van der Waals surface area contributed by atoms with Crippen molar-refractivity contribution in [2.45, 2.75) is 32.4 Å². The van der Waals surface area contributed by atoms with E-state index in [2.05, 4.69) is 21.5 Å². The van der Waals surface area contributed by atoms with Crippen LogP contribution in [0.2, 0.25) is 0 Å². The van der Waals surface area contributed by atoms with E-state index in [1.54, 1.807) is 0 Å². The second-order valence-electron chi connectivity index (χ2n) is 4.62. The Morgan fingerprint density at radius 3 is 3.06 bits per heavy atom. The van der Waals surface area contributed by atoms with E-state index < -0.39 is 0 Å². The Morgan fingerprint density at radius 2 is 2.35 bits per heavy atom. The molecule has 1 saturated carbocycles. The zero-order chi connectivity index (χ0) is 11.7. The van der Waals surface area contributed by atoms with Crippen molar-refractivity contribution in [2.75, 3.05) is 0 Å². The molecule has 17 heavy (non-hydrogen) atoms. The fourth-order valence-corrected chi connectivity index (χ4v) is 1.80. The first-order chi connectivity index (χ1) is 8.31. The zero-order valence-corrected chi connectivity index (χ0v) is 9.93. The number of nitrogens with zero attached hydrogens (tertiary/aromatic N) is 3. The van der Waals surface area contributed by atoms with E-state index in [0.29, 0.717) is 6.04 Å². The number of hydrogen-bond acceptors (Lipinski definition) is 3. The number of aromatic nitrogens is 3. The second-order valence-corrected chi connectivity index (χ2v) is 4.62. The molecule has 0 aromatic carbocycles. The van der Waals surface area contributed by atoms with Crippen molar-refractivity contribution in [3.05, 3.63) is 42.0 Å². The van der Waals surface area contributed by atoms with Crippen LogP contribution in [0.15, 0.2) is 30.7 Å². The average molecular weight is 228 g/mol. The van der Waals surface area contributed by atoms with Gasteiger partial charge in [-0.15, -0.1) is 0 Å². The fourth-order valence-electron chi connectivity index (χ4n) is 1.80. The van der Waals surface area contributed by atoms with E-state index in [-0.39, 0.29) is 0 Å². The van der Waals surface area contributed by atoms with Crippen molar-refractivity contribution in [1.29, 1.82) is 0 Å². The molecule has 2 aromatic heterocycles. The number of pyridine rings is 1. The van der Waals surface area contributed by atoms with E-state index in [1.807, 2.05) is 36.3 Å². The Balaban J connectivity index is 1.77. The molecule has 0 spiro atoms. The highest BCUT2D eigenvalue weighted by Gasteiger charge is 2.20. The SMILES string of the molecule is Cc1cnn(-c2ccnc(CNC3CC3)c2)c1. The maximum absolute atomic E-state index is 4.37. The molecule has 0 aliphatic heterocycles. The maximum Gasteiger partial charge on any atom is 0.0679 e. The molecule has 3 rings (SSSR count). The predicted octanol–water partition coefficient (Wildman–Crippen LogP) is 1.83. The third kappa shape index (κ3) is 2.53. The molecule has 2 heterocycles. The van der Waals surface area contributed by atoms with Crippen molar-refractivity contribution < 1.29 is 0 Å². The van der Waals surface area contributed by atoms with E-state index in [4.69, 9.17) is 0 Å². The summed E-state index contributed by atoms with van der Waals surface area (Å²) in [5, 5.41) is 7.77. The van der Waals surface area contributed by atoms with Gasteiger partial charge in [0.25, 0.3) is 0 Å². The van der Waals surface area contributed by atoms with Gasteiger partial charge in [0.05, 0.1) is 17.6 Å². The van der Waals surface area contributed by atoms with Crippen LogP contribution in [-0.2, 0) is 6.54 Å². The lowest BCUT2D eigenvalue weighted by Gasteiger charge is -2.05. The van der Waals surface area contributed by atoms with Crippen molar-refractivity contribution in [3.63, 3.8) is 0 Å². The van der Waals surface area contributed by atoms with Gasteiger partial charge in [-0.2, -0.15) is 5.10 Å². The van der Waals surface area contributed by atoms with Crippen molar-refractivity contribution in [1.82, 2.24) is 20.1 Å². The van der Waals surface area contributed by atoms with E-state index in [9.17, 15) is 0 Å². The molecular weight excluding hydrogens is 212 g/mol. The number of rotatable bonds is 4. The lowest BCUT2D eigenvalue weighted by atomic mass is 10.3. The molecule has 2 aromatic rings. The van der Waals surface area contributed by atoms with Crippen molar-refractivity contribution >= 4 is 0 Å². The third-order valence-corrected chi connectivity index (χ3v) is 2.93. The monoisotopic (exact) mass is 228 g/mol. The first-order valence-corrected chi connectivity index (χ1v) is 6.01. The zero-order valence-electron chi connectivity index (χ0n) is 9.93. The Kier molecular flexibility index (Phi) is 2.65. The lowest BCUT2D eigenvalue weighted by Crippen LogP contribution is -2.16. The average Bonchev–Trinajstić information content (AvgIpc) is 3.08. The van der Waals surface area contributed by atoms with Crippen LogP contribution in [0.25, 0.3) is 5.69 Å². The van der Waals surface area contributed by atoms with Crippen LogP contribution in [0.3, 0.4) is 0 Å². The Morgan fingerprint density at radius 1 is 1.47 bits per heavy atom. The van der Waals surface area contributed by atoms with Crippen LogP contribution in [-0.4, -0.2) is 20.8 Å². The van der Waals surface area contributed by atoms with Gasteiger partial charge in [-0.05, 0) is 37.5 Å². The highest BCUT2D eigenvalue weighted by molar-refractivity contribution is 5.31. The quantitative estimate of drug-likeness (QED) is 0.868. The van der Waals surface area contributed by atoms with Gasteiger partial charge in [-0.25, -0.2) is 4.68 Å². The van der Waals surface area contributed by atoms with E-state index in [1.165, 1.54) is 18.4 Å². The number of nitrogens with one attached hydrogen (secondary N) is 1. The van der Waals surface area contributed by atoms with Crippen molar-refractivity contribution in [2.24, 2.45) is 0 Å². The van der Waals surface area contributed by atoms with E-state index >= 15 is 0 Å². The second kappa shape index (κ2) is 4.30. The number of hydrogen-bond donors (Lipinski definition) is 1. The molecule has 1 aliphatic carbocycles. The molecule has 88 valence electrons. The molecule has 0 bridgehead atoms. The van der Waals surface area contributed by atoms with Crippen LogP contribution in [0.4, 0.5) is 0 Å². The molecule has 4 heteroatoms. The summed E-state index contributed by atoms with van der Waals surface area (Å²) in [7, 11) is 0. The van der Waals surface area contributed by atoms with Gasteiger partial charge >= 0.3 is 0 Å². The molecule has 1 N–H and O–H groups in total. The minimum atomic E-state index is 0.715. The van der Waals surface area contributed by atoms with Gasteiger partial charge in [0.15, 0.2) is 0 Å². The van der Waals surface area contributed by atoms with Gasteiger partial charge < -0.3 is 5.32 Å². The Labute approximate surface area is 101 Å². The predicted molar refractivity (Wildman–Crippen MR) is 66.0 cm³/mol. The summed E-state index contributed by atoms with van der Waals surface area (Å²) in [6, 6.07) is 4.78. The number of aryl methyl sites for hydroxylation is 1. The molecule has 0 amide bonds. The molecule has 4 nitrogen and oxygen atoms in total. The topological polar surface area (TPSA) is 42.7 Å². The highest BCUT2D eigenvalue weighted by atomic mass is 15.3. The van der Waals surface area contributed by atoms with Gasteiger partial charge in [0.1, 0.15) is 0 Å². The van der Waals surface area contributed by atoms with E-state index in [0.717, 1.165) is 17.9 Å². The van der Waals surface area contributed by atoms with Crippen LogP contribution < -0.4 is 5.32 Å². The minimum absolute atomic E-state index is 0.715. The van der Waals surface area contributed by atoms with Crippen molar-refractivity contribution in [3.8, 4) is 5.69 Å².